The van der Waals surface area contributed by atoms with Gasteiger partial charge in [-0.15, -0.1) is 0 Å². The van der Waals surface area contributed by atoms with Crippen LogP contribution in [-0.2, 0) is 9.59 Å². The summed E-state index contributed by atoms with van der Waals surface area (Å²) in [7, 11) is 1.54. The lowest BCUT2D eigenvalue weighted by Gasteiger charge is -2.11. The molecule has 28 heavy (non-hydrogen) atoms. The summed E-state index contributed by atoms with van der Waals surface area (Å²) in [5, 5.41) is 6.04. The Kier molecular flexibility index (Phi) is 6.20. The van der Waals surface area contributed by atoms with Crippen LogP contribution in [0.4, 0.5) is 5.69 Å². The van der Waals surface area contributed by atoms with E-state index < -0.39 is 0 Å². The first-order valence-corrected chi connectivity index (χ1v) is 9.73. The van der Waals surface area contributed by atoms with E-state index >= 15 is 0 Å². The number of benzene rings is 2. The van der Waals surface area contributed by atoms with Crippen molar-refractivity contribution in [2.75, 3.05) is 24.7 Å². The summed E-state index contributed by atoms with van der Waals surface area (Å²) in [5.74, 6) is 0.176. The number of H-pyrrole nitrogens is 1. The van der Waals surface area contributed by atoms with Gasteiger partial charge in [0.2, 0.25) is 11.8 Å². The highest BCUT2D eigenvalue weighted by molar-refractivity contribution is 7.99. The van der Waals surface area contributed by atoms with Crippen LogP contribution in [0.2, 0.25) is 0 Å². The molecule has 0 atom stereocenters. The minimum Gasteiger partial charge on any atom is -0.495 e. The smallest absolute Gasteiger partial charge is 0.243 e. The first-order valence-electron chi connectivity index (χ1n) is 8.75. The number of anilines is 1. The molecule has 0 unspecified atom stereocenters. The van der Waals surface area contributed by atoms with Crippen LogP contribution in [0.5, 0.6) is 5.75 Å². The quantitative estimate of drug-likeness (QED) is 0.532. The summed E-state index contributed by atoms with van der Waals surface area (Å²) < 4.78 is 5.23. The largest absolute Gasteiger partial charge is 0.495 e. The topological polar surface area (TPSA) is 96.1 Å². The van der Waals surface area contributed by atoms with Crippen LogP contribution in [0.1, 0.15) is 11.1 Å². The Labute approximate surface area is 167 Å². The third-order valence-corrected chi connectivity index (χ3v) is 4.90. The zero-order valence-electron chi connectivity index (χ0n) is 16.0. The zero-order chi connectivity index (χ0) is 20.1. The number of carbonyl (C=O) groups is 2. The van der Waals surface area contributed by atoms with Crippen molar-refractivity contribution in [3.05, 3.63) is 47.5 Å². The van der Waals surface area contributed by atoms with Gasteiger partial charge in [-0.25, -0.2) is 4.98 Å². The Morgan fingerprint density at radius 3 is 2.64 bits per heavy atom. The van der Waals surface area contributed by atoms with Crippen molar-refractivity contribution in [2.45, 2.75) is 19.0 Å². The molecule has 8 heteroatoms. The number of aromatic nitrogens is 2. The molecule has 0 saturated heterocycles. The molecule has 3 N–H and O–H groups in total. The van der Waals surface area contributed by atoms with E-state index in [9.17, 15) is 9.59 Å². The number of fused-ring (bicyclic) bond motifs is 1. The maximum atomic E-state index is 12.1. The number of nitrogens with one attached hydrogen (secondary N) is 3. The molecule has 2 aromatic carbocycles. The van der Waals surface area contributed by atoms with Crippen LogP contribution >= 0.6 is 11.8 Å². The molecule has 1 heterocycles. The first kappa shape index (κ1) is 19.8. The molecule has 0 fully saturated rings. The Bertz CT molecular complexity index is 1020. The fraction of sp³-hybridized carbons (Fsp3) is 0.250. The maximum Gasteiger partial charge on any atom is 0.243 e. The van der Waals surface area contributed by atoms with Crippen molar-refractivity contribution in [1.82, 2.24) is 15.3 Å². The molecule has 0 saturated carbocycles. The molecular weight excluding hydrogens is 376 g/mol. The van der Waals surface area contributed by atoms with Gasteiger partial charge in [-0.3, -0.25) is 9.59 Å². The van der Waals surface area contributed by atoms with Crippen LogP contribution in [-0.4, -0.2) is 41.2 Å². The third-order valence-electron chi connectivity index (χ3n) is 4.03. The Hall–Kier alpha value is -3.00. The monoisotopic (exact) mass is 398 g/mol. The van der Waals surface area contributed by atoms with Crippen LogP contribution in [0.3, 0.4) is 0 Å². The SMILES string of the molecule is COc1ccc(C)cc1NC(=O)CNC(=O)CSc1nc2ccc(C)cc2[nH]1. The molecule has 2 amide bonds. The number of nitrogens with zero attached hydrogens (tertiary/aromatic N) is 1. The number of thioether (sulfide) groups is 1. The highest BCUT2D eigenvalue weighted by Gasteiger charge is 2.11. The van der Waals surface area contributed by atoms with E-state index in [4.69, 9.17) is 4.74 Å². The minimum atomic E-state index is -0.318. The average Bonchev–Trinajstić information content (AvgIpc) is 3.07. The summed E-state index contributed by atoms with van der Waals surface area (Å²) in [4.78, 5) is 31.8. The predicted octanol–water partition coefficient (Wildman–Crippen LogP) is 3.04. The van der Waals surface area contributed by atoms with Crippen molar-refractivity contribution >= 4 is 40.3 Å². The van der Waals surface area contributed by atoms with Gasteiger partial charge in [0.15, 0.2) is 5.16 Å². The number of aryl methyl sites for hydroxylation is 2. The molecule has 0 bridgehead atoms. The molecule has 3 aromatic rings. The van der Waals surface area contributed by atoms with E-state index in [1.54, 1.807) is 13.2 Å². The van der Waals surface area contributed by atoms with Gasteiger partial charge in [-0.1, -0.05) is 23.9 Å². The number of imidazole rings is 1. The number of methoxy groups -OCH3 is 1. The fourth-order valence-corrected chi connectivity index (χ4v) is 3.36. The minimum absolute atomic E-state index is 0.115. The van der Waals surface area contributed by atoms with Gasteiger partial charge >= 0.3 is 0 Å². The van der Waals surface area contributed by atoms with E-state index in [1.165, 1.54) is 11.8 Å². The average molecular weight is 398 g/mol. The molecule has 146 valence electrons. The highest BCUT2D eigenvalue weighted by Crippen LogP contribution is 2.25. The van der Waals surface area contributed by atoms with Gasteiger partial charge in [-0.2, -0.15) is 0 Å². The van der Waals surface area contributed by atoms with E-state index in [0.717, 1.165) is 22.2 Å². The molecule has 3 rings (SSSR count). The van der Waals surface area contributed by atoms with Crippen LogP contribution in [0, 0.1) is 13.8 Å². The predicted molar refractivity (Wildman–Crippen MR) is 111 cm³/mol. The normalized spacial score (nSPS) is 10.7. The van der Waals surface area contributed by atoms with Crippen molar-refractivity contribution in [3.63, 3.8) is 0 Å². The van der Waals surface area contributed by atoms with Crippen molar-refractivity contribution in [1.29, 1.82) is 0 Å². The van der Waals surface area contributed by atoms with Crippen LogP contribution < -0.4 is 15.4 Å². The van der Waals surface area contributed by atoms with Gasteiger partial charge in [0.1, 0.15) is 5.75 Å². The van der Waals surface area contributed by atoms with E-state index in [-0.39, 0.29) is 24.1 Å². The molecule has 0 aliphatic carbocycles. The molecule has 7 nitrogen and oxygen atoms in total. The summed E-state index contributed by atoms with van der Waals surface area (Å²) >= 11 is 1.29. The third kappa shape index (κ3) is 5.04. The van der Waals surface area contributed by atoms with E-state index in [2.05, 4.69) is 20.6 Å². The number of carbonyl (C=O) groups excluding carboxylic acids is 2. The highest BCUT2D eigenvalue weighted by atomic mass is 32.2. The van der Waals surface area contributed by atoms with Gasteiger partial charge in [0, 0.05) is 0 Å². The maximum absolute atomic E-state index is 12.1. The lowest BCUT2D eigenvalue weighted by molar-refractivity contribution is -0.122. The van der Waals surface area contributed by atoms with Gasteiger partial charge in [0.05, 0.1) is 36.1 Å². The summed E-state index contributed by atoms with van der Waals surface area (Å²) in [6, 6.07) is 11.4. The number of aromatic amines is 1. The van der Waals surface area contributed by atoms with Crippen molar-refractivity contribution in [3.8, 4) is 5.75 Å². The molecule has 0 aliphatic rings. The van der Waals surface area contributed by atoms with Crippen LogP contribution in [0.15, 0.2) is 41.6 Å². The number of hydrogen-bond acceptors (Lipinski definition) is 5. The molecular formula is C20H22N4O3S. The number of hydrogen-bond donors (Lipinski definition) is 3. The van der Waals surface area contributed by atoms with E-state index in [0.29, 0.717) is 16.6 Å². The van der Waals surface area contributed by atoms with Crippen molar-refractivity contribution in [2.24, 2.45) is 0 Å². The Morgan fingerprint density at radius 1 is 1.11 bits per heavy atom. The van der Waals surface area contributed by atoms with Gasteiger partial charge in [-0.05, 0) is 49.2 Å². The Morgan fingerprint density at radius 2 is 1.86 bits per heavy atom. The summed E-state index contributed by atoms with van der Waals surface area (Å²) in [5.41, 5.74) is 4.52. The zero-order valence-corrected chi connectivity index (χ0v) is 16.8. The second-order valence-electron chi connectivity index (χ2n) is 6.38. The summed E-state index contributed by atoms with van der Waals surface area (Å²) in [6.07, 6.45) is 0. The van der Waals surface area contributed by atoms with Crippen LogP contribution in [0.25, 0.3) is 11.0 Å². The lowest BCUT2D eigenvalue weighted by Crippen LogP contribution is -2.34. The molecule has 0 radical (unpaired) electrons. The lowest BCUT2D eigenvalue weighted by atomic mass is 10.2. The number of rotatable bonds is 7. The molecule has 0 aliphatic heterocycles. The number of ether oxygens (including phenoxy) is 1. The second-order valence-corrected chi connectivity index (χ2v) is 7.34. The van der Waals surface area contributed by atoms with E-state index in [1.807, 2.05) is 44.2 Å². The number of amides is 2. The fourth-order valence-electron chi connectivity index (χ4n) is 2.65. The Balaban J connectivity index is 1.48. The van der Waals surface area contributed by atoms with Crippen molar-refractivity contribution < 1.29 is 14.3 Å². The molecule has 1 aromatic heterocycles. The van der Waals surface area contributed by atoms with Gasteiger partial charge in [0.25, 0.3) is 0 Å². The first-order chi connectivity index (χ1) is 13.4. The molecule has 0 spiro atoms. The summed E-state index contributed by atoms with van der Waals surface area (Å²) in [6.45, 7) is 3.82. The standard InChI is InChI=1S/C20H22N4O3S/c1-12-4-6-14-15(8-12)24-20(23-14)28-11-19(26)21-10-18(25)22-16-9-13(2)5-7-17(16)27-3/h4-9H,10-11H2,1-3H3,(H,21,26)(H,22,25)(H,23,24). The van der Waals surface area contributed by atoms with Gasteiger partial charge < -0.3 is 20.4 Å². The second kappa shape index (κ2) is 8.79.